The molecular weight excluding hydrogens is 267 g/mol. The molecule has 3 N–H and O–H groups in total. The van der Waals surface area contributed by atoms with Crippen molar-refractivity contribution in [1.29, 1.82) is 0 Å². The van der Waals surface area contributed by atoms with Gasteiger partial charge in [0.2, 0.25) is 5.91 Å². The Labute approximate surface area is 116 Å². The molecular formula is C13H15FN2O2S. The van der Waals surface area contributed by atoms with Crippen LogP contribution in [0.5, 0.6) is 0 Å². The summed E-state index contributed by atoms with van der Waals surface area (Å²) in [5.74, 6) is -0.656. The Morgan fingerprint density at radius 1 is 1.58 bits per heavy atom. The smallest absolute Gasteiger partial charge is 0.226 e. The minimum atomic E-state index is -0.496. The maximum atomic E-state index is 13.4. The lowest BCUT2D eigenvalue weighted by atomic mass is 10.1. The molecule has 1 amide bonds. The van der Waals surface area contributed by atoms with E-state index in [-0.39, 0.29) is 22.6 Å². The van der Waals surface area contributed by atoms with Crippen LogP contribution in [0.4, 0.5) is 10.1 Å². The monoisotopic (exact) mass is 282 g/mol. The summed E-state index contributed by atoms with van der Waals surface area (Å²) >= 11 is 4.74. The molecule has 0 radical (unpaired) electrons. The molecule has 6 heteroatoms. The topological polar surface area (TPSA) is 64.3 Å². The number of benzene rings is 1. The summed E-state index contributed by atoms with van der Waals surface area (Å²) in [5, 5.41) is 2.69. The van der Waals surface area contributed by atoms with Crippen LogP contribution in [0.15, 0.2) is 18.2 Å². The van der Waals surface area contributed by atoms with E-state index in [1.54, 1.807) is 0 Å². The summed E-state index contributed by atoms with van der Waals surface area (Å²) in [6.45, 7) is 0.708. The van der Waals surface area contributed by atoms with Crippen LogP contribution in [0.1, 0.15) is 24.8 Å². The van der Waals surface area contributed by atoms with Crippen LogP contribution < -0.4 is 11.1 Å². The number of amides is 1. The van der Waals surface area contributed by atoms with Gasteiger partial charge in [-0.25, -0.2) is 4.39 Å². The van der Waals surface area contributed by atoms with Crippen molar-refractivity contribution in [3.05, 3.63) is 29.6 Å². The van der Waals surface area contributed by atoms with Gasteiger partial charge >= 0.3 is 0 Å². The van der Waals surface area contributed by atoms with E-state index in [1.807, 2.05) is 0 Å². The first kappa shape index (κ1) is 13.9. The van der Waals surface area contributed by atoms with Crippen LogP contribution in [0.3, 0.4) is 0 Å². The Bertz CT molecular complexity index is 501. The molecule has 1 aromatic carbocycles. The Balaban J connectivity index is 2.00. The van der Waals surface area contributed by atoms with Crippen molar-refractivity contribution in [3.63, 3.8) is 0 Å². The SMILES string of the molecule is NC(=S)c1cc(NC(=O)CC2CCCO2)ccc1F. The number of carbonyl (C=O) groups excluding carboxylic acids is 1. The van der Waals surface area contributed by atoms with Gasteiger partial charge in [0.1, 0.15) is 10.8 Å². The Morgan fingerprint density at radius 3 is 3.00 bits per heavy atom. The number of halogens is 1. The van der Waals surface area contributed by atoms with Crippen molar-refractivity contribution < 1.29 is 13.9 Å². The van der Waals surface area contributed by atoms with Crippen LogP contribution >= 0.6 is 12.2 Å². The van der Waals surface area contributed by atoms with Crippen molar-refractivity contribution in [2.24, 2.45) is 5.73 Å². The maximum absolute atomic E-state index is 13.4. The van der Waals surface area contributed by atoms with Crippen molar-refractivity contribution in [2.75, 3.05) is 11.9 Å². The summed E-state index contributed by atoms with van der Waals surface area (Å²) in [6, 6.07) is 4.14. The Kier molecular flexibility index (Phi) is 4.44. The zero-order valence-electron chi connectivity index (χ0n) is 10.3. The van der Waals surface area contributed by atoms with Crippen molar-refractivity contribution >= 4 is 28.8 Å². The van der Waals surface area contributed by atoms with Gasteiger partial charge in [0.05, 0.1) is 12.5 Å². The maximum Gasteiger partial charge on any atom is 0.226 e. The number of anilines is 1. The lowest BCUT2D eigenvalue weighted by Crippen LogP contribution is -2.20. The standard InChI is InChI=1S/C13H15FN2O2S/c14-11-4-3-8(6-10(11)13(15)19)16-12(17)7-9-2-1-5-18-9/h3-4,6,9H,1-2,5,7H2,(H2,15,19)(H,16,17). The second-order valence-corrected chi connectivity index (χ2v) is 4.89. The van der Waals surface area contributed by atoms with Gasteiger partial charge in [-0.2, -0.15) is 0 Å². The largest absolute Gasteiger partial charge is 0.389 e. The predicted octanol–water partition coefficient (Wildman–Crippen LogP) is 1.97. The van der Waals surface area contributed by atoms with Crippen LogP contribution in [0, 0.1) is 5.82 Å². The van der Waals surface area contributed by atoms with Crippen LogP contribution in [-0.2, 0) is 9.53 Å². The van der Waals surface area contributed by atoms with Gasteiger partial charge in [-0.15, -0.1) is 0 Å². The fourth-order valence-electron chi connectivity index (χ4n) is 2.02. The number of carbonyl (C=O) groups is 1. The van der Waals surface area contributed by atoms with Crippen LogP contribution in [-0.4, -0.2) is 23.6 Å². The van der Waals surface area contributed by atoms with E-state index in [2.05, 4.69) is 5.32 Å². The highest BCUT2D eigenvalue weighted by Crippen LogP contribution is 2.18. The summed E-state index contributed by atoms with van der Waals surface area (Å²) in [4.78, 5) is 11.8. The molecule has 102 valence electrons. The molecule has 1 unspecified atom stereocenters. The number of nitrogens with one attached hydrogen (secondary N) is 1. The number of nitrogens with two attached hydrogens (primary N) is 1. The molecule has 1 aromatic rings. The average Bonchev–Trinajstić information content (AvgIpc) is 2.84. The van der Waals surface area contributed by atoms with Gasteiger partial charge in [0.15, 0.2) is 0 Å². The first-order valence-corrected chi connectivity index (χ1v) is 6.48. The second-order valence-electron chi connectivity index (χ2n) is 4.45. The fourth-order valence-corrected chi connectivity index (χ4v) is 2.17. The van der Waals surface area contributed by atoms with Crippen molar-refractivity contribution in [2.45, 2.75) is 25.4 Å². The Hall–Kier alpha value is -1.53. The molecule has 0 aromatic heterocycles. The number of hydrogen-bond donors (Lipinski definition) is 2. The molecule has 19 heavy (non-hydrogen) atoms. The quantitative estimate of drug-likeness (QED) is 0.829. The van der Waals surface area contributed by atoms with Gasteiger partial charge in [-0.05, 0) is 31.0 Å². The zero-order valence-corrected chi connectivity index (χ0v) is 11.1. The van der Waals surface area contributed by atoms with Gasteiger partial charge in [0, 0.05) is 17.9 Å². The fraction of sp³-hybridized carbons (Fsp3) is 0.385. The van der Waals surface area contributed by atoms with E-state index in [9.17, 15) is 9.18 Å². The molecule has 2 rings (SSSR count). The first-order chi connectivity index (χ1) is 9.06. The molecule has 1 atom stereocenters. The highest BCUT2D eigenvalue weighted by atomic mass is 32.1. The summed E-state index contributed by atoms with van der Waals surface area (Å²) in [6.07, 6.45) is 2.17. The summed E-state index contributed by atoms with van der Waals surface area (Å²) < 4.78 is 18.8. The van der Waals surface area contributed by atoms with Gasteiger partial charge < -0.3 is 15.8 Å². The molecule has 1 fully saturated rings. The van der Waals surface area contributed by atoms with E-state index in [0.717, 1.165) is 12.8 Å². The molecule has 1 aliphatic rings. The molecule has 0 aliphatic carbocycles. The minimum absolute atomic E-state index is 0.0181. The molecule has 1 aliphatic heterocycles. The van der Waals surface area contributed by atoms with Crippen LogP contribution in [0.2, 0.25) is 0 Å². The molecule has 0 spiro atoms. The summed E-state index contributed by atoms with van der Waals surface area (Å²) in [7, 11) is 0. The molecule has 1 heterocycles. The molecule has 0 bridgehead atoms. The van der Waals surface area contributed by atoms with Crippen LogP contribution in [0.25, 0.3) is 0 Å². The third-order valence-electron chi connectivity index (χ3n) is 2.95. The molecule has 0 saturated carbocycles. The predicted molar refractivity (Wildman–Crippen MR) is 74.5 cm³/mol. The van der Waals surface area contributed by atoms with E-state index in [0.29, 0.717) is 18.7 Å². The van der Waals surface area contributed by atoms with Gasteiger partial charge in [-0.1, -0.05) is 12.2 Å². The number of thiocarbonyl (C=S) groups is 1. The Morgan fingerprint density at radius 2 is 2.37 bits per heavy atom. The lowest BCUT2D eigenvalue weighted by molar-refractivity contribution is -0.118. The van der Waals surface area contributed by atoms with Crippen molar-refractivity contribution in [1.82, 2.24) is 0 Å². The van der Waals surface area contributed by atoms with E-state index in [4.69, 9.17) is 22.7 Å². The zero-order chi connectivity index (χ0) is 13.8. The number of hydrogen-bond acceptors (Lipinski definition) is 3. The lowest BCUT2D eigenvalue weighted by Gasteiger charge is -2.11. The minimum Gasteiger partial charge on any atom is -0.389 e. The first-order valence-electron chi connectivity index (χ1n) is 6.07. The van der Waals surface area contributed by atoms with Gasteiger partial charge in [0.25, 0.3) is 0 Å². The average molecular weight is 282 g/mol. The molecule has 1 saturated heterocycles. The highest BCUT2D eigenvalue weighted by molar-refractivity contribution is 7.80. The highest BCUT2D eigenvalue weighted by Gasteiger charge is 2.19. The number of rotatable bonds is 4. The van der Waals surface area contributed by atoms with Crippen molar-refractivity contribution in [3.8, 4) is 0 Å². The second kappa shape index (κ2) is 6.08. The third-order valence-corrected chi connectivity index (χ3v) is 3.17. The summed E-state index contributed by atoms with van der Waals surface area (Å²) in [5.41, 5.74) is 6.01. The van der Waals surface area contributed by atoms with E-state index >= 15 is 0 Å². The van der Waals surface area contributed by atoms with E-state index < -0.39 is 5.82 Å². The normalized spacial score (nSPS) is 18.3. The molecule has 4 nitrogen and oxygen atoms in total. The number of ether oxygens (including phenoxy) is 1. The van der Waals surface area contributed by atoms with E-state index in [1.165, 1.54) is 18.2 Å². The van der Waals surface area contributed by atoms with Gasteiger partial charge in [-0.3, -0.25) is 4.79 Å². The third kappa shape index (κ3) is 3.71.